The highest BCUT2D eigenvalue weighted by Crippen LogP contribution is 2.34. The number of carbonyl (C=O) groups is 1. The molecule has 1 aromatic rings. The number of piperazine rings is 1. The Morgan fingerprint density at radius 1 is 1.45 bits per heavy atom. The molecule has 2 N–H and O–H groups in total. The van der Waals surface area contributed by atoms with E-state index in [2.05, 4.69) is 20.7 Å². The van der Waals surface area contributed by atoms with Crippen LogP contribution in [0.4, 0.5) is 5.82 Å². The molecule has 2 fully saturated rings. The number of carbonyl (C=O) groups excluding carboxylic acids is 1. The Bertz CT molecular complexity index is 500. The summed E-state index contributed by atoms with van der Waals surface area (Å²) >= 11 is 0. The molecule has 0 bridgehead atoms. The molecule has 1 aliphatic heterocycles. The van der Waals surface area contributed by atoms with Crippen LogP contribution < -0.4 is 10.6 Å². The Kier molecular flexibility index (Phi) is 4.78. The maximum absolute atomic E-state index is 12.1. The van der Waals surface area contributed by atoms with Crippen LogP contribution in [0.2, 0.25) is 0 Å². The van der Waals surface area contributed by atoms with Gasteiger partial charge in [-0.2, -0.15) is 0 Å². The number of rotatable bonds is 4. The monoisotopic (exact) mass is 306 g/mol. The third kappa shape index (κ3) is 3.50. The van der Waals surface area contributed by atoms with Gasteiger partial charge in [-0.25, -0.2) is 0 Å². The van der Waals surface area contributed by atoms with Crippen LogP contribution in [0.3, 0.4) is 0 Å². The molecule has 0 aromatic carbocycles. The van der Waals surface area contributed by atoms with Crippen molar-refractivity contribution in [3.8, 4) is 0 Å². The first kappa shape index (κ1) is 15.5. The number of hydrogen-bond acceptors (Lipinski definition) is 5. The van der Waals surface area contributed by atoms with Gasteiger partial charge >= 0.3 is 0 Å². The first-order chi connectivity index (χ1) is 10.7. The van der Waals surface area contributed by atoms with E-state index in [-0.39, 0.29) is 11.4 Å². The molecule has 1 spiro atoms. The maximum atomic E-state index is 12.1. The average molecular weight is 306 g/mol. The van der Waals surface area contributed by atoms with Crippen molar-refractivity contribution in [2.75, 3.05) is 31.5 Å². The zero-order chi connectivity index (χ0) is 15.4. The standard InChI is InChI=1S/C16H26N4O2/c1-13-11-14(19-22-13)18-15(21)5-9-20-10-8-17-12-16(20)6-3-2-4-7-16/h11,17H,2-10,12H2,1H3,(H,18,19,21). The minimum absolute atomic E-state index is 0.0118. The Balaban J connectivity index is 1.53. The average Bonchev–Trinajstić information content (AvgIpc) is 2.92. The van der Waals surface area contributed by atoms with Gasteiger partial charge in [0.25, 0.3) is 0 Å². The topological polar surface area (TPSA) is 70.4 Å². The first-order valence-electron chi connectivity index (χ1n) is 8.37. The Morgan fingerprint density at radius 2 is 2.27 bits per heavy atom. The van der Waals surface area contributed by atoms with E-state index in [0.29, 0.717) is 18.0 Å². The van der Waals surface area contributed by atoms with Gasteiger partial charge in [0.2, 0.25) is 5.91 Å². The molecule has 2 heterocycles. The second kappa shape index (κ2) is 6.79. The summed E-state index contributed by atoms with van der Waals surface area (Å²) < 4.78 is 4.97. The van der Waals surface area contributed by atoms with E-state index in [1.165, 1.54) is 32.1 Å². The zero-order valence-electron chi connectivity index (χ0n) is 13.4. The second-order valence-electron chi connectivity index (χ2n) is 6.57. The zero-order valence-corrected chi connectivity index (χ0v) is 13.4. The van der Waals surface area contributed by atoms with Crippen LogP contribution in [0, 0.1) is 6.92 Å². The van der Waals surface area contributed by atoms with Crippen LogP contribution in [0.5, 0.6) is 0 Å². The molecule has 1 aromatic heterocycles. The molecule has 122 valence electrons. The first-order valence-corrected chi connectivity index (χ1v) is 8.37. The molecular weight excluding hydrogens is 280 g/mol. The number of aromatic nitrogens is 1. The number of aryl methyl sites for hydroxylation is 1. The number of nitrogens with one attached hydrogen (secondary N) is 2. The molecule has 0 radical (unpaired) electrons. The summed E-state index contributed by atoms with van der Waals surface area (Å²) in [5.74, 6) is 1.23. The van der Waals surface area contributed by atoms with E-state index in [1.807, 2.05) is 6.92 Å². The highest BCUT2D eigenvalue weighted by molar-refractivity contribution is 5.89. The van der Waals surface area contributed by atoms with E-state index in [4.69, 9.17) is 4.52 Å². The molecule has 6 heteroatoms. The van der Waals surface area contributed by atoms with E-state index in [9.17, 15) is 4.79 Å². The predicted molar refractivity (Wildman–Crippen MR) is 84.7 cm³/mol. The molecule has 1 saturated carbocycles. The van der Waals surface area contributed by atoms with E-state index >= 15 is 0 Å². The lowest BCUT2D eigenvalue weighted by Gasteiger charge is -2.50. The van der Waals surface area contributed by atoms with Crippen LogP contribution >= 0.6 is 0 Å². The summed E-state index contributed by atoms with van der Waals surface area (Å²) in [6.45, 7) is 5.76. The summed E-state index contributed by atoms with van der Waals surface area (Å²) in [4.78, 5) is 14.6. The summed E-state index contributed by atoms with van der Waals surface area (Å²) in [5.41, 5.74) is 0.279. The molecule has 2 aliphatic rings. The highest BCUT2D eigenvalue weighted by atomic mass is 16.5. The lowest BCUT2D eigenvalue weighted by Crippen LogP contribution is -2.62. The fourth-order valence-electron chi connectivity index (χ4n) is 3.80. The number of nitrogens with zero attached hydrogens (tertiary/aromatic N) is 2. The molecule has 1 aliphatic carbocycles. The van der Waals surface area contributed by atoms with E-state index in [0.717, 1.165) is 26.2 Å². The van der Waals surface area contributed by atoms with Gasteiger partial charge in [0, 0.05) is 44.2 Å². The fraction of sp³-hybridized carbons (Fsp3) is 0.750. The van der Waals surface area contributed by atoms with Crippen molar-refractivity contribution in [1.82, 2.24) is 15.4 Å². The minimum Gasteiger partial charge on any atom is -0.360 e. The van der Waals surface area contributed by atoms with Gasteiger partial charge in [0.05, 0.1) is 0 Å². The summed E-state index contributed by atoms with van der Waals surface area (Å²) in [7, 11) is 0. The largest absolute Gasteiger partial charge is 0.360 e. The molecule has 0 atom stereocenters. The van der Waals surface area contributed by atoms with Gasteiger partial charge in [-0.15, -0.1) is 0 Å². The van der Waals surface area contributed by atoms with Crippen molar-refractivity contribution >= 4 is 11.7 Å². The minimum atomic E-state index is 0.0118. The Hall–Kier alpha value is -1.40. The third-order valence-corrected chi connectivity index (χ3v) is 4.97. The molecule has 1 amide bonds. The van der Waals surface area contributed by atoms with Gasteiger partial charge in [-0.3, -0.25) is 9.69 Å². The van der Waals surface area contributed by atoms with Crippen LogP contribution in [-0.4, -0.2) is 47.7 Å². The van der Waals surface area contributed by atoms with Crippen molar-refractivity contribution in [3.63, 3.8) is 0 Å². The summed E-state index contributed by atoms with van der Waals surface area (Å²) in [6.07, 6.45) is 6.98. The fourth-order valence-corrected chi connectivity index (χ4v) is 3.80. The van der Waals surface area contributed by atoms with Crippen LogP contribution in [0.15, 0.2) is 10.6 Å². The Morgan fingerprint density at radius 3 is 3.00 bits per heavy atom. The van der Waals surface area contributed by atoms with Crippen molar-refractivity contribution in [3.05, 3.63) is 11.8 Å². The van der Waals surface area contributed by atoms with E-state index < -0.39 is 0 Å². The number of hydrogen-bond donors (Lipinski definition) is 2. The van der Waals surface area contributed by atoms with Crippen molar-refractivity contribution in [2.45, 2.75) is 51.0 Å². The van der Waals surface area contributed by atoms with Gasteiger partial charge in [-0.1, -0.05) is 24.4 Å². The van der Waals surface area contributed by atoms with Gasteiger partial charge < -0.3 is 15.2 Å². The Labute approximate surface area is 131 Å². The predicted octanol–water partition coefficient (Wildman–Crippen LogP) is 1.92. The summed E-state index contributed by atoms with van der Waals surface area (Å²) in [6, 6.07) is 1.74. The molecule has 0 unspecified atom stereocenters. The molecular formula is C16H26N4O2. The van der Waals surface area contributed by atoms with Gasteiger partial charge in [-0.05, 0) is 19.8 Å². The van der Waals surface area contributed by atoms with Crippen LogP contribution in [-0.2, 0) is 4.79 Å². The smallest absolute Gasteiger partial charge is 0.226 e. The molecule has 6 nitrogen and oxygen atoms in total. The molecule has 22 heavy (non-hydrogen) atoms. The van der Waals surface area contributed by atoms with Crippen molar-refractivity contribution < 1.29 is 9.32 Å². The maximum Gasteiger partial charge on any atom is 0.226 e. The quantitative estimate of drug-likeness (QED) is 0.889. The van der Waals surface area contributed by atoms with Gasteiger partial charge in [0.1, 0.15) is 5.76 Å². The molecule has 1 saturated heterocycles. The SMILES string of the molecule is Cc1cc(NC(=O)CCN2CCNCC23CCCCC3)no1. The number of amides is 1. The van der Waals surface area contributed by atoms with E-state index in [1.54, 1.807) is 6.07 Å². The normalized spacial score (nSPS) is 21.9. The molecule has 3 rings (SSSR count). The van der Waals surface area contributed by atoms with Gasteiger partial charge in [0.15, 0.2) is 5.82 Å². The lowest BCUT2D eigenvalue weighted by atomic mass is 9.79. The van der Waals surface area contributed by atoms with Crippen molar-refractivity contribution in [2.24, 2.45) is 0 Å². The van der Waals surface area contributed by atoms with Crippen LogP contribution in [0.25, 0.3) is 0 Å². The van der Waals surface area contributed by atoms with Crippen molar-refractivity contribution in [1.29, 1.82) is 0 Å². The number of anilines is 1. The van der Waals surface area contributed by atoms with Crippen LogP contribution in [0.1, 0.15) is 44.3 Å². The summed E-state index contributed by atoms with van der Waals surface area (Å²) in [5, 5.41) is 10.2. The second-order valence-corrected chi connectivity index (χ2v) is 6.57. The lowest BCUT2D eigenvalue weighted by molar-refractivity contribution is -0.117. The third-order valence-electron chi connectivity index (χ3n) is 4.97. The highest BCUT2D eigenvalue weighted by Gasteiger charge is 2.39.